The first-order valence-electron chi connectivity index (χ1n) is 6.01. The maximum Gasteiger partial charge on any atom is 0.221 e. The molecule has 1 saturated heterocycles. The van der Waals surface area contributed by atoms with E-state index in [1.54, 1.807) is 0 Å². The van der Waals surface area contributed by atoms with Crippen molar-refractivity contribution < 1.29 is 4.79 Å². The van der Waals surface area contributed by atoms with E-state index in [-0.39, 0.29) is 11.4 Å². The topological polar surface area (TPSA) is 32.3 Å². The van der Waals surface area contributed by atoms with Gasteiger partial charge in [-0.1, -0.05) is 6.42 Å². The first-order valence-corrected chi connectivity index (χ1v) is 6.01. The Morgan fingerprint density at radius 3 is 2.33 bits per heavy atom. The van der Waals surface area contributed by atoms with E-state index >= 15 is 0 Å². The molecule has 1 aliphatic heterocycles. The zero-order chi connectivity index (χ0) is 11.3. The van der Waals surface area contributed by atoms with Crippen molar-refractivity contribution in [1.82, 2.24) is 10.2 Å². The lowest BCUT2D eigenvalue weighted by Gasteiger charge is -2.27. The number of rotatable bonds is 3. The van der Waals surface area contributed by atoms with E-state index in [2.05, 4.69) is 10.2 Å². The number of hydrogen-bond donors (Lipinski definition) is 1. The van der Waals surface area contributed by atoms with Crippen LogP contribution in [0.4, 0.5) is 0 Å². The van der Waals surface area contributed by atoms with Crippen LogP contribution in [0.2, 0.25) is 0 Å². The van der Waals surface area contributed by atoms with Crippen molar-refractivity contribution in [2.75, 3.05) is 19.6 Å². The van der Waals surface area contributed by atoms with Crippen LogP contribution in [0.15, 0.2) is 0 Å². The minimum atomic E-state index is -0.0982. The van der Waals surface area contributed by atoms with Crippen LogP contribution in [0.5, 0.6) is 0 Å². The second-order valence-electron chi connectivity index (χ2n) is 5.45. The average molecular weight is 212 g/mol. The van der Waals surface area contributed by atoms with Gasteiger partial charge in [0.25, 0.3) is 0 Å². The van der Waals surface area contributed by atoms with E-state index in [0.717, 1.165) is 6.54 Å². The molecule has 0 atom stereocenters. The van der Waals surface area contributed by atoms with Crippen molar-refractivity contribution in [2.45, 2.75) is 52.0 Å². The SMILES string of the molecule is CC(C)(C)NC(=O)CCN1CCCCC1. The van der Waals surface area contributed by atoms with Crippen LogP contribution >= 0.6 is 0 Å². The zero-order valence-electron chi connectivity index (χ0n) is 10.3. The standard InChI is InChI=1S/C12H24N2O/c1-12(2,3)13-11(15)7-10-14-8-5-4-6-9-14/h4-10H2,1-3H3,(H,13,15). The molecule has 1 N–H and O–H groups in total. The highest BCUT2D eigenvalue weighted by Gasteiger charge is 2.15. The van der Waals surface area contributed by atoms with Crippen molar-refractivity contribution in [3.05, 3.63) is 0 Å². The molecule has 88 valence electrons. The number of nitrogens with one attached hydrogen (secondary N) is 1. The van der Waals surface area contributed by atoms with E-state index < -0.39 is 0 Å². The van der Waals surface area contributed by atoms with Crippen LogP contribution in [0.25, 0.3) is 0 Å². The highest BCUT2D eigenvalue weighted by molar-refractivity contribution is 5.76. The Labute approximate surface area is 93.2 Å². The van der Waals surface area contributed by atoms with Crippen LogP contribution in [0.3, 0.4) is 0 Å². The summed E-state index contributed by atoms with van der Waals surface area (Å²) in [7, 11) is 0. The molecule has 0 bridgehead atoms. The van der Waals surface area contributed by atoms with Gasteiger partial charge in [0.15, 0.2) is 0 Å². The summed E-state index contributed by atoms with van der Waals surface area (Å²) in [6, 6.07) is 0. The van der Waals surface area contributed by atoms with Gasteiger partial charge in [0, 0.05) is 18.5 Å². The highest BCUT2D eigenvalue weighted by atomic mass is 16.1. The molecule has 15 heavy (non-hydrogen) atoms. The maximum atomic E-state index is 11.6. The number of hydrogen-bond acceptors (Lipinski definition) is 2. The van der Waals surface area contributed by atoms with E-state index in [9.17, 15) is 4.79 Å². The first-order chi connectivity index (χ1) is 6.97. The van der Waals surface area contributed by atoms with Gasteiger partial charge in [0.05, 0.1) is 0 Å². The Morgan fingerprint density at radius 2 is 1.80 bits per heavy atom. The van der Waals surface area contributed by atoms with Crippen LogP contribution in [0.1, 0.15) is 46.5 Å². The number of nitrogens with zero attached hydrogens (tertiary/aromatic N) is 1. The molecule has 1 aliphatic rings. The highest BCUT2D eigenvalue weighted by Crippen LogP contribution is 2.09. The molecule has 1 fully saturated rings. The molecule has 3 heteroatoms. The molecule has 0 saturated carbocycles. The molecule has 1 heterocycles. The third-order valence-corrected chi connectivity index (χ3v) is 2.62. The summed E-state index contributed by atoms with van der Waals surface area (Å²) in [4.78, 5) is 14.0. The zero-order valence-corrected chi connectivity index (χ0v) is 10.3. The molecule has 1 amide bonds. The lowest BCUT2D eigenvalue weighted by molar-refractivity contribution is -0.122. The lowest BCUT2D eigenvalue weighted by Crippen LogP contribution is -2.42. The van der Waals surface area contributed by atoms with Gasteiger partial charge in [-0.15, -0.1) is 0 Å². The summed E-state index contributed by atoms with van der Waals surface area (Å²) in [5.41, 5.74) is -0.0982. The minimum absolute atomic E-state index is 0.0982. The predicted octanol–water partition coefficient (Wildman–Crippen LogP) is 1.78. The molecule has 0 aromatic heterocycles. The van der Waals surface area contributed by atoms with Gasteiger partial charge < -0.3 is 10.2 Å². The van der Waals surface area contributed by atoms with Gasteiger partial charge in [-0.05, 0) is 46.7 Å². The van der Waals surface area contributed by atoms with Gasteiger partial charge in [0.2, 0.25) is 5.91 Å². The summed E-state index contributed by atoms with van der Waals surface area (Å²) >= 11 is 0. The fourth-order valence-corrected chi connectivity index (χ4v) is 1.92. The van der Waals surface area contributed by atoms with Gasteiger partial charge in [-0.3, -0.25) is 4.79 Å². The van der Waals surface area contributed by atoms with Crippen molar-refractivity contribution in [3.63, 3.8) is 0 Å². The quantitative estimate of drug-likeness (QED) is 0.773. The van der Waals surface area contributed by atoms with E-state index in [1.807, 2.05) is 20.8 Å². The number of amides is 1. The lowest BCUT2D eigenvalue weighted by atomic mass is 10.1. The van der Waals surface area contributed by atoms with E-state index in [4.69, 9.17) is 0 Å². The number of piperidine rings is 1. The molecule has 0 spiro atoms. The summed E-state index contributed by atoms with van der Waals surface area (Å²) in [5, 5.41) is 2.99. The molecule has 1 rings (SSSR count). The van der Waals surface area contributed by atoms with Crippen molar-refractivity contribution >= 4 is 5.91 Å². The number of carbonyl (C=O) groups is 1. The maximum absolute atomic E-state index is 11.6. The Hall–Kier alpha value is -0.570. The summed E-state index contributed by atoms with van der Waals surface area (Å²) < 4.78 is 0. The van der Waals surface area contributed by atoms with Crippen LogP contribution in [-0.4, -0.2) is 36.0 Å². The fourth-order valence-electron chi connectivity index (χ4n) is 1.92. The number of carbonyl (C=O) groups excluding carboxylic acids is 1. The van der Waals surface area contributed by atoms with Gasteiger partial charge in [0.1, 0.15) is 0 Å². The summed E-state index contributed by atoms with van der Waals surface area (Å²) in [5.74, 6) is 0.174. The normalized spacial score (nSPS) is 18.9. The molecule has 0 aromatic rings. The Morgan fingerprint density at radius 1 is 1.20 bits per heavy atom. The summed E-state index contributed by atoms with van der Waals surface area (Å²) in [6.45, 7) is 9.32. The monoisotopic (exact) mass is 212 g/mol. The molecule has 3 nitrogen and oxygen atoms in total. The molecule has 0 unspecified atom stereocenters. The van der Waals surface area contributed by atoms with Gasteiger partial charge in [-0.25, -0.2) is 0 Å². The average Bonchev–Trinajstić information content (AvgIpc) is 2.14. The largest absolute Gasteiger partial charge is 0.351 e. The second kappa shape index (κ2) is 5.50. The second-order valence-corrected chi connectivity index (χ2v) is 5.45. The van der Waals surface area contributed by atoms with Crippen LogP contribution < -0.4 is 5.32 Å². The molecular formula is C12H24N2O. The minimum Gasteiger partial charge on any atom is -0.351 e. The van der Waals surface area contributed by atoms with Crippen molar-refractivity contribution in [3.8, 4) is 0 Å². The van der Waals surface area contributed by atoms with E-state index in [1.165, 1.54) is 32.4 Å². The first kappa shape index (κ1) is 12.5. The van der Waals surface area contributed by atoms with Crippen LogP contribution in [-0.2, 0) is 4.79 Å². The Bertz CT molecular complexity index is 202. The van der Waals surface area contributed by atoms with Crippen LogP contribution in [0, 0.1) is 0 Å². The third-order valence-electron chi connectivity index (χ3n) is 2.62. The summed E-state index contributed by atoms with van der Waals surface area (Å²) in [6.07, 6.45) is 4.57. The number of likely N-dealkylation sites (tertiary alicyclic amines) is 1. The molecule has 0 radical (unpaired) electrons. The third kappa shape index (κ3) is 5.78. The Kier molecular flexibility index (Phi) is 4.58. The van der Waals surface area contributed by atoms with Crippen molar-refractivity contribution in [1.29, 1.82) is 0 Å². The van der Waals surface area contributed by atoms with Crippen molar-refractivity contribution in [2.24, 2.45) is 0 Å². The predicted molar refractivity (Wildman–Crippen MR) is 62.8 cm³/mol. The molecular weight excluding hydrogens is 188 g/mol. The smallest absolute Gasteiger partial charge is 0.221 e. The van der Waals surface area contributed by atoms with Gasteiger partial charge >= 0.3 is 0 Å². The molecule has 0 aromatic carbocycles. The Balaban J connectivity index is 2.15. The molecule has 0 aliphatic carbocycles. The fraction of sp³-hybridized carbons (Fsp3) is 0.917. The van der Waals surface area contributed by atoms with Gasteiger partial charge in [-0.2, -0.15) is 0 Å². The van der Waals surface area contributed by atoms with E-state index in [0.29, 0.717) is 6.42 Å².